The first-order chi connectivity index (χ1) is 24.1. The summed E-state index contributed by atoms with van der Waals surface area (Å²) in [6.07, 6.45) is 1.66. The fourth-order valence-electron chi connectivity index (χ4n) is 7.74. The van der Waals surface area contributed by atoms with Crippen LogP contribution in [0.4, 0.5) is 33.5 Å². The van der Waals surface area contributed by atoms with E-state index >= 15 is 13.2 Å². The number of fused-ring (bicyclic) bond motifs is 4. The van der Waals surface area contributed by atoms with Gasteiger partial charge in [-0.25, -0.2) is 17.6 Å². The van der Waals surface area contributed by atoms with Crippen LogP contribution in [0.25, 0.3) is 32.9 Å². The third-order valence-corrected chi connectivity index (χ3v) is 9.90. The number of nitrogens with zero attached hydrogens (tertiary/aromatic N) is 5. The second kappa shape index (κ2) is 10.8. The van der Waals surface area contributed by atoms with E-state index < -0.39 is 77.9 Å². The number of methoxy groups -OCH3 is 1. The van der Waals surface area contributed by atoms with E-state index in [2.05, 4.69) is 15.0 Å². The molecule has 5 atom stereocenters. The molecule has 4 fully saturated rings. The molecule has 8 nitrogen and oxygen atoms in total. The normalized spacial score (nSPS) is 29.8. The summed E-state index contributed by atoms with van der Waals surface area (Å²) in [6, 6.07) is 2.05. The number of anilines is 2. The largest absolute Gasteiger partial charge is 0.493 e. The molecule has 46 heavy (non-hydrogen) atoms. The van der Waals surface area contributed by atoms with E-state index in [0.717, 1.165) is 12.5 Å². The van der Waals surface area contributed by atoms with Gasteiger partial charge in [-0.1, -0.05) is 6.42 Å². The lowest BCUT2D eigenvalue weighted by Crippen LogP contribution is -2.43. The molecule has 0 spiro atoms. The SMILES string of the molecule is [2H]C([2H])([2H])Oc1c(F)c(F)cc2cc(N)cc(-c3ncc4c(N5CCCC[C@H]6[C@H](F)[C@H]65)nc(OC([2H])([2H])[C@@]56CCCN5C[C@H](F)C6)nc4c3F)c12. The minimum Gasteiger partial charge on any atom is -0.493 e. The van der Waals surface area contributed by atoms with Crippen LogP contribution in [-0.2, 0) is 0 Å². The van der Waals surface area contributed by atoms with Gasteiger partial charge in [0.1, 0.15) is 35.9 Å². The van der Waals surface area contributed by atoms with Crippen molar-refractivity contribution in [1.82, 2.24) is 19.9 Å². The van der Waals surface area contributed by atoms with Gasteiger partial charge in [0, 0.05) is 48.3 Å². The lowest BCUT2D eigenvalue weighted by Gasteiger charge is -2.31. The van der Waals surface area contributed by atoms with Crippen molar-refractivity contribution < 1.29 is 38.3 Å². The molecule has 2 N–H and O–H groups in total. The van der Waals surface area contributed by atoms with E-state index in [1.165, 1.54) is 18.3 Å². The third-order valence-electron chi connectivity index (χ3n) is 9.90. The van der Waals surface area contributed by atoms with Gasteiger partial charge in [0.15, 0.2) is 17.4 Å². The zero-order chi connectivity index (χ0) is 36.2. The zero-order valence-corrected chi connectivity index (χ0v) is 24.5. The van der Waals surface area contributed by atoms with Crippen molar-refractivity contribution in [3.8, 4) is 23.0 Å². The summed E-state index contributed by atoms with van der Waals surface area (Å²) in [5.41, 5.74) is 3.58. The molecule has 3 aliphatic heterocycles. The molecule has 2 aromatic heterocycles. The van der Waals surface area contributed by atoms with Crippen LogP contribution >= 0.6 is 0 Å². The zero-order valence-electron chi connectivity index (χ0n) is 29.5. The number of benzene rings is 2. The average Bonchev–Trinajstić information content (AvgIpc) is 3.40. The molecule has 0 unspecified atom stereocenters. The topological polar surface area (TPSA) is 89.6 Å². The maximum Gasteiger partial charge on any atom is 0.319 e. The fourth-order valence-corrected chi connectivity index (χ4v) is 7.74. The number of ether oxygens (including phenoxy) is 2. The van der Waals surface area contributed by atoms with Gasteiger partial charge in [-0.15, -0.1) is 0 Å². The van der Waals surface area contributed by atoms with Crippen LogP contribution in [-0.4, -0.2) is 77.0 Å². The number of hydrogen-bond donors (Lipinski definition) is 1. The number of aromatic nitrogens is 3. The standard InChI is InChI=1S/C33H33F5N6O2/c1-45-30-23-16(10-22(35)25(30)37)9-18(39)11-20(23)27-26(38)28-21(13-40-27)31(44-8-3-2-5-19-24(36)29(19)44)42-32(41-28)46-15-33-6-4-7-43(33)14-17(34)12-33/h9-11,13,17,19,24,29H,2-8,12,14-15,39H2,1H3/t17-,19+,24+,29+,33+/m1/s1/i1D3,15D2. The summed E-state index contributed by atoms with van der Waals surface area (Å²) in [6.45, 7) is -1.67. The van der Waals surface area contributed by atoms with Gasteiger partial charge >= 0.3 is 6.01 Å². The highest BCUT2D eigenvalue weighted by atomic mass is 19.2. The first-order valence-corrected chi connectivity index (χ1v) is 15.3. The van der Waals surface area contributed by atoms with E-state index in [0.29, 0.717) is 38.8 Å². The molecule has 5 heterocycles. The van der Waals surface area contributed by atoms with E-state index in [1.54, 1.807) is 9.80 Å². The summed E-state index contributed by atoms with van der Waals surface area (Å²) in [5.74, 6) is -5.42. The predicted octanol–water partition coefficient (Wildman–Crippen LogP) is 6.14. The average molecular weight is 646 g/mol. The summed E-state index contributed by atoms with van der Waals surface area (Å²) in [7, 11) is -3.22. The molecule has 1 saturated carbocycles. The van der Waals surface area contributed by atoms with Crippen molar-refractivity contribution in [3.05, 3.63) is 41.8 Å². The van der Waals surface area contributed by atoms with Gasteiger partial charge < -0.3 is 20.1 Å². The molecular weight excluding hydrogens is 607 g/mol. The van der Waals surface area contributed by atoms with Gasteiger partial charge in [-0.2, -0.15) is 14.4 Å². The maximum atomic E-state index is 17.0. The first kappa shape index (κ1) is 24.2. The van der Waals surface area contributed by atoms with Crippen LogP contribution in [0.5, 0.6) is 11.8 Å². The molecule has 13 heteroatoms. The molecule has 2 aromatic carbocycles. The molecule has 3 saturated heterocycles. The second-order valence-electron chi connectivity index (χ2n) is 12.7. The van der Waals surface area contributed by atoms with E-state index in [1.807, 2.05) is 0 Å². The molecule has 0 amide bonds. The minimum absolute atomic E-state index is 0.0216. The molecule has 1 aliphatic carbocycles. The first-order valence-electron chi connectivity index (χ1n) is 17.8. The van der Waals surface area contributed by atoms with Gasteiger partial charge in [0.25, 0.3) is 0 Å². The smallest absolute Gasteiger partial charge is 0.319 e. The summed E-state index contributed by atoms with van der Waals surface area (Å²) in [4.78, 5) is 16.5. The second-order valence-corrected chi connectivity index (χ2v) is 12.7. The maximum absolute atomic E-state index is 17.0. The van der Waals surface area contributed by atoms with Crippen LogP contribution in [0.3, 0.4) is 0 Å². The van der Waals surface area contributed by atoms with E-state index in [-0.39, 0.29) is 52.1 Å². The van der Waals surface area contributed by atoms with Crippen LogP contribution < -0.4 is 20.1 Å². The van der Waals surface area contributed by atoms with Crippen molar-refractivity contribution in [3.63, 3.8) is 0 Å². The molecular formula is C33H33F5N6O2. The van der Waals surface area contributed by atoms with E-state index in [9.17, 15) is 8.78 Å². The van der Waals surface area contributed by atoms with Gasteiger partial charge in [0.2, 0.25) is 5.82 Å². The van der Waals surface area contributed by atoms with Crippen molar-refractivity contribution in [1.29, 1.82) is 0 Å². The molecule has 4 aliphatic rings. The van der Waals surface area contributed by atoms with Crippen LogP contribution in [0.1, 0.15) is 45.4 Å². The molecule has 8 rings (SSSR count). The summed E-state index contributed by atoms with van der Waals surface area (Å²) >= 11 is 0. The number of hydrogen-bond acceptors (Lipinski definition) is 8. The lowest BCUT2D eigenvalue weighted by atomic mass is 9.95. The highest BCUT2D eigenvalue weighted by Crippen LogP contribution is 2.48. The molecule has 0 radical (unpaired) electrons. The highest BCUT2D eigenvalue weighted by Gasteiger charge is 2.56. The number of nitrogens with two attached hydrogens (primary N) is 1. The molecule has 242 valence electrons. The quantitative estimate of drug-likeness (QED) is 0.198. The Bertz CT molecular complexity index is 2080. The van der Waals surface area contributed by atoms with Crippen LogP contribution in [0.15, 0.2) is 24.4 Å². The van der Waals surface area contributed by atoms with Gasteiger partial charge in [-0.05, 0) is 55.8 Å². The Balaban J connectivity index is 1.33. The summed E-state index contributed by atoms with van der Waals surface area (Å²) in [5, 5.41) is -0.395. The fraction of sp³-hybridized carbons (Fsp3) is 0.485. The van der Waals surface area contributed by atoms with Crippen LogP contribution in [0, 0.1) is 23.4 Å². The Kier molecular flexibility index (Phi) is 5.68. The lowest BCUT2D eigenvalue weighted by molar-refractivity contribution is 0.107. The van der Waals surface area contributed by atoms with Crippen molar-refractivity contribution in [2.75, 3.05) is 43.9 Å². The Hall–Kier alpha value is -4.00. The van der Waals surface area contributed by atoms with Crippen molar-refractivity contribution in [2.24, 2.45) is 5.92 Å². The molecule has 0 bridgehead atoms. The number of pyridine rings is 1. The number of nitrogen functional groups attached to an aromatic ring is 1. The van der Waals surface area contributed by atoms with Gasteiger partial charge in [-0.3, -0.25) is 9.88 Å². The third kappa shape index (κ3) is 4.52. The number of halogens is 5. The Morgan fingerprint density at radius 2 is 1.98 bits per heavy atom. The van der Waals surface area contributed by atoms with Crippen molar-refractivity contribution in [2.45, 2.75) is 62.4 Å². The van der Waals surface area contributed by atoms with Crippen LogP contribution in [0.2, 0.25) is 0 Å². The molecule has 4 aromatic rings. The number of rotatable bonds is 6. The minimum atomic E-state index is -3.22. The van der Waals surface area contributed by atoms with E-state index in [4.69, 9.17) is 22.1 Å². The van der Waals surface area contributed by atoms with Gasteiger partial charge in [0.05, 0.1) is 30.9 Å². The van der Waals surface area contributed by atoms with Crippen molar-refractivity contribution >= 4 is 33.2 Å². The Morgan fingerprint density at radius 1 is 1.11 bits per heavy atom. The monoisotopic (exact) mass is 645 g/mol. The highest BCUT2D eigenvalue weighted by molar-refractivity contribution is 6.04. The Morgan fingerprint density at radius 3 is 2.83 bits per heavy atom. The summed E-state index contributed by atoms with van der Waals surface area (Å²) < 4.78 is 128. The predicted molar refractivity (Wildman–Crippen MR) is 163 cm³/mol. The number of alkyl halides is 2. The Labute approximate surface area is 268 Å².